The van der Waals surface area contributed by atoms with Gasteiger partial charge < -0.3 is 5.32 Å². The molecule has 1 N–H and O–H groups in total. The summed E-state index contributed by atoms with van der Waals surface area (Å²) in [5.74, 6) is 0.843. The summed E-state index contributed by atoms with van der Waals surface area (Å²) in [5, 5.41) is 7.39. The van der Waals surface area contributed by atoms with Crippen LogP contribution in [0.2, 0.25) is 0 Å². The Labute approximate surface area is 95.3 Å². The summed E-state index contributed by atoms with van der Waals surface area (Å²) in [6.07, 6.45) is 2.78. The molecule has 0 aliphatic heterocycles. The summed E-state index contributed by atoms with van der Waals surface area (Å²) < 4.78 is 1.89. The van der Waals surface area contributed by atoms with Crippen molar-refractivity contribution in [3.05, 3.63) is 48.0 Å². The van der Waals surface area contributed by atoms with Gasteiger partial charge in [0.25, 0.3) is 0 Å². The van der Waals surface area contributed by atoms with Crippen molar-refractivity contribution in [2.24, 2.45) is 0 Å². The quantitative estimate of drug-likeness (QED) is 0.817. The molecule has 0 amide bonds. The highest BCUT2D eigenvalue weighted by atomic mass is 15.3. The van der Waals surface area contributed by atoms with Gasteiger partial charge in [-0.1, -0.05) is 30.3 Å². The number of aromatic nitrogens is 3. The predicted octanol–water partition coefficient (Wildman–Crippen LogP) is 1.24. The summed E-state index contributed by atoms with van der Waals surface area (Å²) in [7, 11) is 1.89. The maximum Gasteiger partial charge on any atom is 0.164 e. The van der Waals surface area contributed by atoms with E-state index in [1.165, 1.54) is 5.56 Å². The summed E-state index contributed by atoms with van der Waals surface area (Å²) in [6.45, 7) is 1.60. The Morgan fingerprint density at radius 1 is 1.25 bits per heavy atom. The largest absolute Gasteiger partial charge is 0.313 e. The molecule has 1 aromatic heterocycles. The number of aryl methyl sites for hydroxylation is 2. The number of hydrogen-bond donors (Lipinski definition) is 1. The van der Waals surface area contributed by atoms with E-state index in [1.54, 1.807) is 6.33 Å². The van der Waals surface area contributed by atoms with E-state index in [-0.39, 0.29) is 0 Å². The lowest BCUT2D eigenvalue weighted by atomic mass is 10.2. The van der Waals surface area contributed by atoms with Crippen molar-refractivity contribution in [2.45, 2.75) is 19.5 Å². The molecular formula is C12H16N4. The van der Waals surface area contributed by atoms with Crippen LogP contribution in [0.3, 0.4) is 0 Å². The van der Waals surface area contributed by atoms with Gasteiger partial charge in [0.2, 0.25) is 0 Å². The van der Waals surface area contributed by atoms with Gasteiger partial charge in [0, 0.05) is 6.54 Å². The van der Waals surface area contributed by atoms with Gasteiger partial charge in [-0.05, 0) is 19.0 Å². The van der Waals surface area contributed by atoms with Crippen LogP contribution in [0.1, 0.15) is 11.4 Å². The molecule has 0 fully saturated rings. The monoisotopic (exact) mass is 216 g/mol. The van der Waals surface area contributed by atoms with E-state index in [2.05, 4.69) is 39.7 Å². The summed E-state index contributed by atoms with van der Waals surface area (Å²) in [5.41, 5.74) is 1.33. The van der Waals surface area contributed by atoms with E-state index in [9.17, 15) is 0 Å². The summed E-state index contributed by atoms with van der Waals surface area (Å²) in [4.78, 5) is 4.21. The van der Waals surface area contributed by atoms with Gasteiger partial charge in [-0.2, -0.15) is 5.10 Å². The van der Waals surface area contributed by atoms with Crippen LogP contribution in [0, 0.1) is 0 Å². The zero-order valence-corrected chi connectivity index (χ0v) is 9.43. The fourth-order valence-corrected chi connectivity index (χ4v) is 1.57. The van der Waals surface area contributed by atoms with Gasteiger partial charge >= 0.3 is 0 Å². The highest BCUT2D eigenvalue weighted by Crippen LogP contribution is 2.01. The third-order valence-electron chi connectivity index (χ3n) is 2.39. The average Bonchev–Trinajstić information content (AvgIpc) is 2.76. The first kappa shape index (κ1) is 10.8. The van der Waals surface area contributed by atoms with Gasteiger partial charge in [0.15, 0.2) is 5.82 Å². The van der Waals surface area contributed by atoms with Gasteiger partial charge in [-0.15, -0.1) is 0 Å². The Morgan fingerprint density at radius 3 is 2.81 bits per heavy atom. The zero-order valence-electron chi connectivity index (χ0n) is 9.43. The maximum atomic E-state index is 4.36. The van der Waals surface area contributed by atoms with Crippen LogP contribution in [-0.4, -0.2) is 21.8 Å². The Hall–Kier alpha value is -1.68. The fourth-order valence-electron chi connectivity index (χ4n) is 1.57. The molecule has 4 heteroatoms. The highest BCUT2D eigenvalue weighted by Gasteiger charge is 1.99. The molecule has 16 heavy (non-hydrogen) atoms. The molecule has 0 saturated carbocycles. The minimum Gasteiger partial charge on any atom is -0.313 e. The van der Waals surface area contributed by atoms with Crippen molar-refractivity contribution >= 4 is 0 Å². The molecule has 0 atom stereocenters. The van der Waals surface area contributed by atoms with Crippen molar-refractivity contribution in [1.82, 2.24) is 20.1 Å². The van der Waals surface area contributed by atoms with Crippen LogP contribution in [0.15, 0.2) is 36.7 Å². The minimum absolute atomic E-state index is 0.721. The standard InChI is InChI=1S/C12H16N4/c1-13-9-12-14-10-16(15-12)8-7-11-5-3-2-4-6-11/h2-6,10,13H,7-9H2,1H3. The molecule has 1 aromatic carbocycles. The van der Waals surface area contributed by atoms with Crippen LogP contribution in [0.5, 0.6) is 0 Å². The smallest absolute Gasteiger partial charge is 0.164 e. The molecule has 0 saturated heterocycles. The lowest BCUT2D eigenvalue weighted by molar-refractivity contribution is 0.600. The number of benzene rings is 1. The molecule has 0 unspecified atom stereocenters. The molecule has 0 spiro atoms. The Morgan fingerprint density at radius 2 is 2.06 bits per heavy atom. The third kappa shape index (κ3) is 2.90. The van der Waals surface area contributed by atoms with E-state index in [4.69, 9.17) is 0 Å². The number of rotatable bonds is 5. The lowest BCUT2D eigenvalue weighted by Gasteiger charge is -2.00. The number of nitrogens with one attached hydrogen (secondary N) is 1. The molecule has 0 bridgehead atoms. The molecule has 0 aliphatic rings. The van der Waals surface area contributed by atoms with Crippen molar-refractivity contribution in [3.63, 3.8) is 0 Å². The average molecular weight is 216 g/mol. The topological polar surface area (TPSA) is 42.7 Å². The number of hydrogen-bond acceptors (Lipinski definition) is 3. The second-order valence-electron chi connectivity index (χ2n) is 3.69. The normalized spacial score (nSPS) is 10.6. The van der Waals surface area contributed by atoms with Gasteiger partial charge in [-0.3, -0.25) is 4.68 Å². The number of nitrogens with zero attached hydrogens (tertiary/aromatic N) is 3. The Bertz CT molecular complexity index is 422. The van der Waals surface area contributed by atoms with Gasteiger partial charge in [0.05, 0.1) is 6.54 Å². The molecule has 4 nitrogen and oxygen atoms in total. The van der Waals surface area contributed by atoms with E-state index in [0.717, 1.165) is 25.3 Å². The van der Waals surface area contributed by atoms with Gasteiger partial charge in [0.1, 0.15) is 6.33 Å². The molecule has 0 aliphatic carbocycles. The fraction of sp³-hybridized carbons (Fsp3) is 0.333. The van der Waals surface area contributed by atoms with E-state index in [1.807, 2.05) is 17.8 Å². The molecule has 1 heterocycles. The third-order valence-corrected chi connectivity index (χ3v) is 2.39. The van der Waals surface area contributed by atoms with E-state index >= 15 is 0 Å². The maximum absolute atomic E-state index is 4.36. The first-order valence-electron chi connectivity index (χ1n) is 5.45. The van der Waals surface area contributed by atoms with Crippen molar-refractivity contribution in [3.8, 4) is 0 Å². The SMILES string of the molecule is CNCc1ncn(CCc2ccccc2)n1. The van der Waals surface area contributed by atoms with E-state index in [0.29, 0.717) is 0 Å². The van der Waals surface area contributed by atoms with Crippen LogP contribution < -0.4 is 5.32 Å². The second kappa shape index (κ2) is 5.42. The van der Waals surface area contributed by atoms with Crippen LogP contribution in [0.25, 0.3) is 0 Å². The summed E-state index contributed by atoms with van der Waals surface area (Å²) in [6, 6.07) is 10.4. The highest BCUT2D eigenvalue weighted by molar-refractivity contribution is 5.14. The molecule has 2 rings (SSSR count). The summed E-state index contributed by atoms with van der Waals surface area (Å²) >= 11 is 0. The van der Waals surface area contributed by atoms with Crippen LogP contribution >= 0.6 is 0 Å². The molecule has 84 valence electrons. The lowest BCUT2D eigenvalue weighted by Crippen LogP contribution is -2.08. The molecule has 0 radical (unpaired) electrons. The first-order chi connectivity index (χ1) is 7.88. The van der Waals surface area contributed by atoms with Crippen molar-refractivity contribution in [1.29, 1.82) is 0 Å². The first-order valence-corrected chi connectivity index (χ1v) is 5.45. The minimum atomic E-state index is 0.721. The van der Waals surface area contributed by atoms with Crippen LogP contribution in [0.4, 0.5) is 0 Å². The Balaban J connectivity index is 1.89. The molecule has 2 aromatic rings. The van der Waals surface area contributed by atoms with Gasteiger partial charge in [-0.25, -0.2) is 4.98 Å². The van der Waals surface area contributed by atoms with Crippen LogP contribution in [-0.2, 0) is 19.5 Å². The van der Waals surface area contributed by atoms with Crippen molar-refractivity contribution in [2.75, 3.05) is 7.05 Å². The molecular weight excluding hydrogens is 200 g/mol. The van der Waals surface area contributed by atoms with Crippen molar-refractivity contribution < 1.29 is 0 Å². The predicted molar refractivity (Wildman–Crippen MR) is 62.9 cm³/mol. The van der Waals surface area contributed by atoms with E-state index < -0.39 is 0 Å². The Kier molecular flexibility index (Phi) is 3.66. The zero-order chi connectivity index (χ0) is 11.2. The second-order valence-corrected chi connectivity index (χ2v) is 3.69.